The van der Waals surface area contributed by atoms with Crippen molar-refractivity contribution in [3.05, 3.63) is 277 Å². The molecule has 2 heteroatoms. The average molecular weight is 803 g/mol. The fourth-order valence-electron chi connectivity index (χ4n) is 10.4. The van der Waals surface area contributed by atoms with Crippen LogP contribution < -0.4 is 9.80 Å². The van der Waals surface area contributed by atoms with Gasteiger partial charge in [-0.25, -0.2) is 0 Å². The Morgan fingerprint density at radius 1 is 0.238 bits per heavy atom. The van der Waals surface area contributed by atoms with Gasteiger partial charge >= 0.3 is 0 Å². The van der Waals surface area contributed by atoms with Crippen LogP contribution in [-0.4, -0.2) is 0 Å². The zero-order valence-electron chi connectivity index (χ0n) is 34.6. The van der Waals surface area contributed by atoms with Gasteiger partial charge in [0.15, 0.2) is 0 Å². The molecule has 1 unspecified atom stereocenters. The van der Waals surface area contributed by atoms with Crippen molar-refractivity contribution in [2.45, 2.75) is 5.41 Å². The van der Waals surface area contributed by atoms with Crippen LogP contribution in [0.15, 0.2) is 255 Å². The van der Waals surface area contributed by atoms with Gasteiger partial charge in [-0.15, -0.1) is 0 Å². The first-order valence-electron chi connectivity index (χ1n) is 21.8. The number of anilines is 6. The molecule has 0 aliphatic heterocycles. The van der Waals surface area contributed by atoms with E-state index in [4.69, 9.17) is 0 Å². The second kappa shape index (κ2) is 15.1. The smallest absolute Gasteiger partial charge is 0.0726 e. The highest BCUT2D eigenvalue weighted by atomic mass is 15.1. The molecule has 0 fully saturated rings. The van der Waals surface area contributed by atoms with E-state index < -0.39 is 5.41 Å². The summed E-state index contributed by atoms with van der Waals surface area (Å²) in [5, 5.41) is 0. The molecule has 0 bridgehead atoms. The molecule has 0 heterocycles. The molecular formula is C61H42N2. The number of hydrogen-bond donors (Lipinski definition) is 0. The number of nitrogens with zero attached hydrogens (tertiary/aromatic N) is 2. The van der Waals surface area contributed by atoms with Gasteiger partial charge in [0.1, 0.15) is 0 Å². The van der Waals surface area contributed by atoms with Crippen molar-refractivity contribution in [1.82, 2.24) is 0 Å². The summed E-state index contributed by atoms with van der Waals surface area (Å²) < 4.78 is 0. The summed E-state index contributed by atoms with van der Waals surface area (Å²) in [6.07, 6.45) is 0. The van der Waals surface area contributed by atoms with E-state index in [0.29, 0.717) is 0 Å². The molecule has 1 atom stereocenters. The van der Waals surface area contributed by atoms with Gasteiger partial charge < -0.3 is 9.80 Å². The molecule has 0 saturated heterocycles. The van der Waals surface area contributed by atoms with Crippen LogP contribution >= 0.6 is 0 Å². The normalized spacial score (nSPS) is 14.1. The van der Waals surface area contributed by atoms with Gasteiger partial charge in [-0.2, -0.15) is 0 Å². The van der Waals surface area contributed by atoms with E-state index in [0.717, 1.165) is 34.1 Å². The van der Waals surface area contributed by atoms with Gasteiger partial charge in [-0.1, -0.05) is 188 Å². The number of benzene rings is 10. The van der Waals surface area contributed by atoms with Crippen molar-refractivity contribution in [3.8, 4) is 44.5 Å². The number of para-hydroxylation sites is 3. The van der Waals surface area contributed by atoms with Gasteiger partial charge in [0, 0.05) is 34.0 Å². The van der Waals surface area contributed by atoms with Crippen LogP contribution in [0.2, 0.25) is 0 Å². The summed E-state index contributed by atoms with van der Waals surface area (Å²) in [5.41, 5.74) is 21.4. The lowest BCUT2D eigenvalue weighted by atomic mass is 9.70. The third-order valence-electron chi connectivity index (χ3n) is 13.1. The Bertz CT molecular complexity index is 3210. The van der Waals surface area contributed by atoms with Gasteiger partial charge in [0.25, 0.3) is 0 Å². The first-order chi connectivity index (χ1) is 31.3. The summed E-state index contributed by atoms with van der Waals surface area (Å²) in [4.78, 5) is 4.81. The zero-order chi connectivity index (χ0) is 41.7. The quantitative estimate of drug-likeness (QED) is 0.151. The molecule has 0 N–H and O–H groups in total. The van der Waals surface area contributed by atoms with Crippen molar-refractivity contribution < 1.29 is 0 Å². The van der Waals surface area contributed by atoms with Gasteiger partial charge in [-0.3, -0.25) is 0 Å². The molecule has 10 aromatic rings. The zero-order valence-corrected chi connectivity index (χ0v) is 34.6. The van der Waals surface area contributed by atoms with Crippen molar-refractivity contribution in [1.29, 1.82) is 0 Å². The molecule has 0 radical (unpaired) electrons. The Morgan fingerprint density at radius 3 is 1.22 bits per heavy atom. The van der Waals surface area contributed by atoms with E-state index in [2.05, 4.69) is 265 Å². The molecule has 2 nitrogen and oxygen atoms in total. The van der Waals surface area contributed by atoms with Gasteiger partial charge in [-0.05, 0) is 128 Å². The number of rotatable bonds is 8. The highest BCUT2D eigenvalue weighted by molar-refractivity contribution is 6.01. The topological polar surface area (TPSA) is 6.48 Å². The Labute approximate surface area is 369 Å². The summed E-state index contributed by atoms with van der Waals surface area (Å²) in [6.45, 7) is 0. The van der Waals surface area contributed by atoms with Crippen LogP contribution in [-0.2, 0) is 5.41 Å². The Hall–Kier alpha value is -8.20. The van der Waals surface area contributed by atoms with Crippen LogP contribution in [0.25, 0.3) is 44.5 Å². The summed E-state index contributed by atoms with van der Waals surface area (Å²) in [7, 11) is 0. The summed E-state index contributed by atoms with van der Waals surface area (Å²) >= 11 is 0. The maximum Gasteiger partial charge on any atom is 0.0726 e. The molecule has 296 valence electrons. The predicted molar refractivity (Wildman–Crippen MR) is 263 cm³/mol. The Kier molecular flexibility index (Phi) is 8.76. The van der Waals surface area contributed by atoms with E-state index in [1.807, 2.05) is 0 Å². The van der Waals surface area contributed by atoms with E-state index in [1.165, 1.54) is 66.8 Å². The van der Waals surface area contributed by atoms with Crippen molar-refractivity contribution in [2.24, 2.45) is 0 Å². The SMILES string of the molecule is c1ccc(-c2ccc(-c3ccc(N(c4ccccc4)c4cccc5c4-c4ccccc4C54c5ccccc5-c5cc(N(c6ccccc6)c6ccccc6)ccc54)cc3)cc2)cc1. The lowest BCUT2D eigenvalue weighted by Gasteiger charge is -2.32. The minimum atomic E-state index is -0.505. The van der Waals surface area contributed by atoms with Gasteiger partial charge in [0.2, 0.25) is 0 Å². The molecule has 0 amide bonds. The second-order valence-corrected chi connectivity index (χ2v) is 16.4. The van der Waals surface area contributed by atoms with Gasteiger partial charge in [0.05, 0.1) is 11.1 Å². The molecule has 2 aliphatic carbocycles. The molecule has 0 saturated carbocycles. The van der Waals surface area contributed by atoms with Crippen LogP contribution in [0.4, 0.5) is 34.1 Å². The fourth-order valence-corrected chi connectivity index (χ4v) is 10.4. The maximum atomic E-state index is 2.44. The van der Waals surface area contributed by atoms with Crippen LogP contribution in [0.3, 0.4) is 0 Å². The van der Waals surface area contributed by atoms with Crippen molar-refractivity contribution >= 4 is 34.1 Å². The molecule has 10 aromatic carbocycles. The first-order valence-corrected chi connectivity index (χ1v) is 21.8. The third kappa shape index (κ3) is 5.87. The largest absolute Gasteiger partial charge is 0.310 e. The van der Waals surface area contributed by atoms with Crippen molar-refractivity contribution in [3.63, 3.8) is 0 Å². The average Bonchev–Trinajstić information content (AvgIpc) is 3.83. The van der Waals surface area contributed by atoms with Crippen molar-refractivity contribution in [2.75, 3.05) is 9.80 Å². The summed E-state index contributed by atoms with van der Waals surface area (Å²) in [5.74, 6) is 0. The molecule has 0 aromatic heterocycles. The molecule has 2 aliphatic rings. The minimum absolute atomic E-state index is 0.505. The number of fused-ring (bicyclic) bond motifs is 10. The monoisotopic (exact) mass is 802 g/mol. The fraction of sp³-hybridized carbons (Fsp3) is 0.0164. The Balaban J connectivity index is 1.02. The van der Waals surface area contributed by atoms with E-state index in [1.54, 1.807) is 0 Å². The maximum absolute atomic E-state index is 2.44. The van der Waals surface area contributed by atoms with Crippen LogP contribution in [0.1, 0.15) is 22.3 Å². The molecule has 1 spiro atoms. The summed E-state index contributed by atoms with van der Waals surface area (Å²) in [6, 6.07) is 93.0. The number of hydrogen-bond acceptors (Lipinski definition) is 2. The minimum Gasteiger partial charge on any atom is -0.310 e. The van der Waals surface area contributed by atoms with Crippen LogP contribution in [0, 0.1) is 0 Å². The predicted octanol–water partition coefficient (Wildman–Crippen LogP) is 16.3. The highest BCUT2D eigenvalue weighted by Gasteiger charge is 2.52. The van der Waals surface area contributed by atoms with E-state index in [-0.39, 0.29) is 0 Å². The lowest BCUT2D eigenvalue weighted by molar-refractivity contribution is 0.793. The van der Waals surface area contributed by atoms with E-state index >= 15 is 0 Å². The highest BCUT2D eigenvalue weighted by Crippen LogP contribution is 2.65. The Morgan fingerprint density at radius 2 is 0.635 bits per heavy atom. The molecular weight excluding hydrogens is 761 g/mol. The molecule has 12 rings (SSSR count). The first kappa shape index (κ1) is 36.6. The lowest BCUT2D eigenvalue weighted by Crippen LogP contribution is -2.26. The second-order valence-electron chi connectivity index (χ2n) is 16.4. The van der Waals surface area contributed by atoms with Crippen LogP contribution in [0.5, 0.6) is 0 Å². The van der Waals surface area contributed by atoms with E-state index in [9.17, 15) is 0 Å². The standard InChI is InChI=1S/C61H42N2/c1-5-18-43(19-6-1)44-32-34-45(35-33-44)46-36-38-50(39-37-46)63(49-24-11-4-12-25-49)59-31-17-30-58-60(59)53-27-14-16-29-56(53)61(58)55-28-15-13-26-52(55)54-42-51(40-41-57(54)61)62(47-20-7-2-8-21-47)48-22-9-3-10-23-48/h1-42H. The third-order valence-corrected chi connectivity index (χ3v) is 13.1. The molecule has 63 heavy (non-hydrogen) atoms.